The quantitative estimate of drug-likeness (QED) is 0.474. The highest BCUT2D eigenvalue weighted by Crippen LogP contribution is 2.35. The fourth-order valence-electron chi connectivity index (χ4n) is 2.79. The maximum Gasteiger partial charge on any atom is 0.163 e. The number of hydrogen-bond donors (Lipinski definition) is 1. The summed E-state index contributed by atoms with van der Waals surface area (Å²) in [7, 11) is 1.55. The Morgan fingerprint density at radius 3 is 2.69 bits per heavy atom. The van der Waals surface area contributed by atoms with E-state index in [9.17, 15) is 4.39 Å². The zero-order chi connectivity index (χ0) is 20.2. The number of rotatable bonds is 6. The Labute approximate surface area is 171 Å². The molecular formula is C21H16ClFN4O2. The van der Waals surface area contributed by atoms with Crippen molar-refractivity contribution < 1.29 is 13.9 Å². The van der Waals surface area contributed by atoms with E-state index in [0.717, 1.165) is 5.69 Å². The molecule has 1 N–H and O–H groups in total. The standard InChI is InChI=1S/C21H16ClFN4O2/c1-28-19-9-15-18(10-20(19)29-11-14-4-2-3-7-24-14)25-12-26-21(15)27-17-6-5-13(22)8-16(17)23/h2-10,12H,11H2,1H3,(H,25,26,27). The van der Waals surface area contributed by atoms with Crippen LogP contribution in [0.3, 0.4) is 0 Å². The highest BCUT2D eigenvalue weighted by molar-refractivity contribution is 6.30. The van der Waals surface area contributed by atoms with Crippen LogP contribution in [0.1, 0.15) is 5.69 Å². The largest absolute Gasteiger partial charge is 0.493 e. The van der Waals surface area contributed by atoms with E-state index in [2.05, 4.69) is 20.3 Å². The molecule has 146 valence electrons. The monoisotopic (exact) mass is 410 g/mol. The summed E-state index contributed by atoms with van der Waals surface area (Å²) in [6.45, 7) is 0.287. The average molecular weight is 411 g/mol. The first-order valence-electron chi connectivity index (χ1n) is 8.71. The van der Waals surface area contributed by atoms with E-state index in [-0.39, 0.29) is 12.3 Å². The van der Waals surface area contributed by atoms with Crippen LogP contribution in [-0.4, -0.2) is 22.1 Å². The number of hydrogen-bond acceptors (Lipinski definition) is 6. The molecule has 0 spiro atoms. The molecule has 0 aliphatic heterocycles. The van der Waals surface area contributed by atoms with E-state index in [0.29, 0.717) is 33.2 Å². The van der Waals surface area contributed by atoms with Crippen LogP contribution in [0.15, 0.2) is 61.1 Å². The molecule has 0 bridgehead atoms. The Hall–Kier alpha value is -3.45. The lowest BCUT2D eigenvalue weighted by atomic mass is 10.2. The summed E-state index contributed by atoms with van der Waals surface area (Å²) in [5, 5.41) is 3.95. The molecule has 2 aromatic heterocycles. The number of ether oxygens (including phenoxy) is 2. The predicted octanol–water partition coefficient (Wildman–Crippen LogP) is 5.15. The van der Waals surface area contributed by atoms with Crippen molar-refractivity contribution >= 4 is 34.0 Å². The molecule has 0 amide bonds. The molecule has 0 saturated heterocycles. The van der Waals surface area contributed by atoms with Gasteiger partial charge in [-0.05, 0) is 36.4 Å². The Morgan fingerprint density at radius 1 is 1.03 bits per heavy atom. The normalized spacial score (nSPS) is 10.7. The molecule has 2 heterocycles. The van der Waals surface area contributed by atoms with Gasteiger partial charge in [0.2, 0.25) is 0 Å². The number of halogens is 2. The molecule has 0 radical (unpaired) electrons. The maximum absolute atomic E-state index is 14.2. The first-order chi connectivity index (χ1) is 14.1. The summed E-state index contributed by atoms with van der Waals surface area (Å²) in [6.07, 6.45) is 3.10. The SMILES string of the molecule is COc1cc2c(Nc3ccc(Cl)cc3F)ncnc2cc1OCc1ccccn1. The van der Waals surface area contributed by atoms with Crippen LogP contribution in [0.5, 0.6) is 11.5 Å². The van der Waals surface area contributed by atoms with Crippen molar-refractivity contribution in [2.45, 2.75) is 6.61 Å². The molecule has 2 aromatic carbocycles. The van der Waals surface area contributed by atoms with Crippen molar-refractivity contribution in [2.24, 2.45) is 0 Å². The van der Waals surface area contributed by atoms with Crippen molar-refractivity contribution in [1.82, 2.24) is 15.0 Å². The molecule has 0 saturated carbocycles. The van der Waals surface area contributed by atoms with E-state index >= 15 is 0 Å². The van der Waals surface area contributed by atoms with Crippen LogP contribution in [0.4, 0.5) is 15.9 Å². The van der Waals surface area contributed by atoms with E-state index < -0.39 is 5.82 Å². The lowest BCUT2D eigenvalue weighted by Crippen LogP contribution is -2.01. The molecule has 0 aliphatic rings. The van der Waals surface area contributed by atoms with E-state index in [4.69, 9.17) is 21.1 Å². The van der Waals surface area contributed by atoms with E-state index in [1.165, 1.54) is 12.4 Å². The summed E-state index contributed by atoms with van der Waals surface area (Å²) >= 11 is 5.82. The maximum atomic E-state index is 14.2. The zero-order valence-corrected chi connectivity index (χ0v) is 16.2. The third kappa shape index (κ3) is 4.20. The van der Waals surface area contributed by atoms with Crippen molar-refractivity contribution in [3.63, 3.8) is 0 Å². The first-order valence-corrected chi connectivity index (χ1v) is 9.09. The lowest BCUT2D eigenvalue weighted by Gasteiger charge is -2.14. The Balaban J connectivity index is 1.67. The van der Waals surface area contributed by atoms with Crippen LogP contribution in [-0.2, 0) is 6.61 Å². The molecule has 0 aliphatic carbocycles. The minimum absolute atomic E-state index is 0.254. The molecule has 4 rings (SSSR count). The molecule has 29 heavy (non-hydrogen) atoms. The summed E-state index contributed by atoms with van der Waals surface area (Å²) < 4.78 is 25.5. The number of nitrogens with one attached hydrogen (secondary N) is 1. The number of aromatic nitrogens is 3. The lowest BCUT2D eigenvalue weighted by molar-refractivity contribution is 0.281. The van der Waals surface area contributed by atoms with Crippen molar-refractivity contribution in [1.29, 1.82) is 0 Å². The van der Waals surface area contributed by atoms with Crippen LogP contribution < -0.4 is 14.8 Å². The van der Waals surface area contributed by atoms with Crippen LogP contribution in [0, 0.1) is 5.82 Å². The minimum Gasteiger partial charge on any atom is -0.493 e. The van der Waals surface area contributed by atoms with Gasteiger partial charge in [0.15, 0.2) is 11.5 Å². The van der Waals surface area contributed by atoms with Crippen LogP contribution in [0.2, 0.25) is 5.02 Å². The van der Waals surface area contributed by atoms with Crippen LogP contribution in [0.25, 0.3) is 10.9 Å². The number of nitrogens with zero attached hydrogens (tertiary/aromatic N) is 3. The smallest absolute Gasteiger partial charge is 0.163 e. The van der Waals surface area contributed by atoms with Gasteiger partial charge in [-0.2, -0.15) is 0 Å². The third-order valence-corrected chi connectivity index (χ3v) is 4.44. The van der Waals surface area contributed by atoms with E-state index in [1.807, 2.05) is 18.2 Å². The minimum atomic E-state index is -0.480. The first kappa shape index (κ1) is 18.9. The van der Waals surface area contributed by atoms with Crippen molar-refractivity contribution in [2.75, 3.05) is 12.4 Å². The highest BCUT2D eigenvalue weighted by atomic mass is 35.5. The van der Waals surface area contributed by atoms with Crippen molar-refractivity contribution in [3.8, 4) is 11.5 Å². The van der Waals surface area contributed by atoms with E-state index in [1.54, 1.807) is 37.6 Å². The fourth-order valence-corrected chi connectivity index (χ4v) is 2.95. The molecular weight excluding hydrogens is 395 g/mol. The van der Waals surface area contributed by atoms with Crippen molar-refractivity contribution in [3.05, 3.63) is 77.6 Å². The van der Waals surface area contributed by atoms with Gasteiger partial charge in [-0.1, -0.05) is 17.7 Å². The second-order valence-corrected chi connectivity index (χ2v) is 6.54. The van der Waals surface area contributed by atoms with Gasteiger partial charge in [0.1, 0.15) is 24.6 Å². The number of benzene rings is 2. The molecule has 0 fully saturated rings. The second-order valence-electron chi connectivity index (χ2n) is 6.10. The average Bonchev–Trinajstić information content (AvgIpc) is 2.74. The summed E-state index contributed by atoms with van der Waals surface area (Å²) in [4.78, 5) is 12.8. The van der Waals surface area contributed by atoms with Gasteiger partial charge in [-0.3, -0.25) is 4.98 Å². The van der Waals surface area contributed by atoms with Gasteiger partial charge in [0, 0.05) is 22.7 Å². The zero-order valence-electron chi connectivity index (χ0n) is 15.4. The van der Waals surface area contributed by atoms with Gasteiger partial charge < -0.3 is 14.8 Å². The second kappa shape index (κ2) is 8.28. The van der Waals surface area contributed by atoms with Gasteiger partial charge in [0.25, 0.3) is 0 Å². The Bertz CT molecular complexity index is 1160. The highest BCUT2D eigenvalue weighted by Gasteiger charge is 2.13. The molecule has 0 unspecified atom stereocenters. The van der Waals surface area contributed by atoms with Gasteiger partial charge in [-0.25, -0.2) is 14.4 Å². The Morgan fingerprint density at radius 2 is 1.93 bits per heavy atom. The summed E-state index contributed by atoms with van der Waals surface area (Å²) in [5.41, 5.74) is 1.66. The molecule has 8 heteroatoms. The van der Waals surface area contributed by atoms with Gasteiger partial charge in [-0.15, -0.1) is 0 Å². The van der Waals surface area contributed by atoms with Gasteiger partial charge in [0.05, 0.1) is 24.0 Å². The number of pyridine rings is 1. The summed E-state index contributed by atoms with van der Waals surface area (Å²) in [6, 6.07) is 13.5. The van der Waals surface area contributed by atoms with Crippen LogP contribution >= 0.6 is 11.6 Å². The Kier molecular flexibility index (Phi) is 5.39. The molecule has 0 atom stereocenters. The fraction of sp³-hybridized carbons (Fsp3) is 0.0952. The number of fused-ring (bicyclic) bond motifs is 1. The molecule has 4 aromatic rings. The third-order valence-electron chi connectivity index (χ3n) is 4.21. The number of anilines is 2. The van der Waals surface area contributed by atoms with Gasteiger partial charge >= 0.3 is 0 Å². The predicted molar refractivity (Wildman–Crippen MR) is 109 cm³/mol. The topological polar surface area (TPSA) is 69.2 Å². The number of methoxy groups -OCH3 is 1. The molecule has 6 nitrogen and oxygen atoms in total. The summed E-state index contributed by atoms with van der Waals surface area (Å²) in [5.74, 6) is 0.980.